The van der Waals surface area contributed by atoms with Crippen molar-refractivity contribution in [2.75, 3.05) is 12.4 Å². The van der Waals surface area contributed by atoms with Gasteiger partial charge in [-0.2, -0.15) is 27.8 Å². The second-order valence-electron chi connectivity index (χ2n) is 5.02. The first kappa shape index (κ1) is 15.2. The number of carbonyl (C=O) groups is 2. The molecule has 1 aliphatic rings. The molecule has 0 aliphatic carbocycles. The van der Waals surface area contributed by atoms with Crippen molar-refractivity contribution in [2.45, 2.75) is 25.1 Å². The predicted molar refractivity (Wildman–Crippen MR) is 70.2 cm³/mol. The Balaban J connectivity index is 1.98. The Bertz CT molecular complexity index is 787. The van der Waals surface area contributed by atoms with Gasteiger partial charge in [-0.3, -0.25) is 14.5 Å². The molecule has 122 valence electrons. The van der Waals surface area contributed by atoms with Crippen LogP contribution in [0.5, 0.6) is 0 Å². The van der Waals surface area contributed by atoms with Crippen LogP contribution in [-0.2, 0) is 15.8 Å². The number of fused-ring (bicyclic) bond motifs is 1. The zero-order valence-electron chi connectivity index (χ0n) is 11.8. The number of hydrogen-bond donors (Lipinski definition) is 1. The molecule has 2 amide bonds. The van der Waals surface area contributed by atoms with Crippen LogP contribution in [0.1, 0.15) is 18.5 Å². The molecule has 1 fully saturated rings. The Morgan fingerprint density at radius 2 is 2.09 bits per heavy atom. The van der Waals surface area contributed by atoms with E-state index in [4.69, 9.17) is 0 Å². The van der Waals surface area contributed by atoms with Crippen LogP contribution in [0.25, 0.3) is 5.78 Å². The molecule has 1 saturated heterocycles. The van der Waals surface area contributed by atoms with Gasteiger partial charge in [0.25, 0.3) is 11.7 Å². The average molecular weight is 328 g/mol. The number of anilines is 1. The summed E-state index contributed by atoms with van der Waals surface area (Å²) in [4.78, 5) is 31.5. The monoisotopic (exact) mass is 328 g/mol. The number of imide groups is 1. The van der Waals surface area contributed by atoms with Gasteiger partial charge in [0.1, 0.15) is 18.2 Å². The van der Waals surface area contributed by atoms with E-state index in [0.29, 0.717) is 0 Å². The second-order valence-corrected chi connectivity index (χ2v) is 5.02. The van der Waals surface area contributed by atoms with Gasteiger partial charge in [0.15, 0.2) is 5.69 Å². The lowest BCUT2D eigenvalue weighted by molar-refractivity contribution is -0.146. The number of hydrogen-bond acceptors (Lipinski definition) is 6. The molecular formula is C12H11F3N6O2. The maximum Gasteiger partial charge on any atom is 0.433 e. The summed E-state index contributed by atoms with van der Waals surface area (Å²) < 4.78 is 39.8. The van der Waals surface area contributed by atoms with Crippen molar-refractivity contribution in [3.63, 3.8) is 0 Å². The number of likely N-dealkylation sites (tertiary alicyclic amines) is 1. The third kappa shape index (κ3) is 2.69. The van der Waals surface area contributed by atoms with Crippen molar-refractivity contribution in [1.29, 1.82) is 0 Å². The van der Waals surface area contributed by atoms with Crippen LogP contribution < -0.4 is 5.32 Å². The van der Waals surface area contributed by atoms with E-state index in [9.17, 15) is 22.8 Å². The number of likely N-dealkylation sites (N-methyl/N-ethyl adjacent to an activating group) is 1. The van der Waals surface area contributed by atoms with E-state index < -0.39 is 23.8 Å². The largest absolute Gasteiger partial charge is 0.433 e. The second kappa shape index (κ2) is 5.18. The molecule has 0 aromatic carbocycles. The third-order valence-corrected chi connectivity index (χ3v) is 3.51. The number of rotatable bonds is 2. The van der Waals surface area contributed by atoms with E-state index in [1.54, 1.807) is 0 Å². The molecule has 0 bridgehead atoms. The van der Waals surface area contributed by atoms with E-state index in [1.165, 1.54) is 7.05 Å². The van der Waals surface area contributed by atoms with Crippen molar-refractivity contribution in [3.05, 3.63) is 18.1 Å². The molecule has 1 aliphatic heterocycles. The summed E-state index contributed by atoms with van der Waals surface area (Å²) in [5.74, 6) is -1.15. The molecule has 0 spiro atoms. The maximum atomic E-state index is 12.9. The number of aromatic nitrogens is 4. The van der Waals surface area contributed by atoms with E-state index >= 15 is 0 Å². The fraction of sp³-hybridized carbons (Fsp3) is 0.417. The number of nitrogens with one attached hydrogen (secondary N) is 1. The SMILES string of the molecule is CN1C(=O)CCC(Nc2cc(C(F)(F)F)nc3ncnn23)C1=O. The van der Waals surface area contributed by atoms with Gasteiger partial charge in [-0.05, 0) is 6.42 Å². The smallest absolute Gasteiger partial charge is 0.358 e. The highest BCUT2D eigenvalue weighted by atomic mass is 19.4. The highest BCUT2D eigenvalue weighted by Crippen LogP contribution is 2.30. The fourth-order valence-electron chi connectivity index (χ4n) is 2.29. The van der Waals surface area contributed by atoms with Crippen molar-refractivity contribution in [2.24, 2.45) is 0 Å². The zero-order valence-corrected chi connectivity index (χ0v) is 11.8. The topological polar surface area (TPSA) is 92.5 Å². The molecule has 1 unspecified atom stereocenters. The van der Waals surface area contributed by atoms with Crippen LogP contribution in [-0.4, -0.2) is 49.4 Å². The first-order valence-electron chi connectivity index (χ1n) is 6.62. The predicted octanol–water partition coefficient (Wildman–Crippen LogP) is 0.702. The molecule has 1 atom stereocenters. The minimum atomic E-state index is -4.66. The van der Waals surface area contributed by atoms with Gasteiger partial charge < -0.3 is 5.32 Å². The quantitative estimate of drug-likeness (QED) is 0.816. The van der Waals surface area contributed by atoms with Gasteiger partial charge >= 0.3 is 6.18 Å². The zero-order chi connectivity index (χ0) is 16.8. The van der Waals surface area contributed by atoms with Crippen LogP contribution in [0.15, 0.2) is 12.4 Å². The summed E-state index contributed by atoms with van der Waals surface area (Å²) in [6, 6.07) is -0.0700. The van der Waals surface area contributed by atoms with Gasteiger partial charge in [-0.25, -0.2) is 4.98 Å². The van der Waals surface area contributed by atoms with Gasteiger partial charge in [-0.1, -0.05) is 0 Å². The van der Waals surface area contributed by atoms with Gasteiger partial charge in [0, 0.05) is 19.5 Å². The molecule has 0 radical (unpaired) electrons. The molecule has 11 heteroatoms. The molecule has 3 rings (SSSR count). The lowest BCUT2D eigenvalue weighted by Crippen LogP contribution is -2.48. The summed E-state index contributed by atoms with van der Waals surface area (Å²) in [7, 11) is 1.33. The molecule has 1 N–H and O–H groups in total. The number of alkyl halides is 3. The summed E-state index contributed by atoms with van der Waals surface area (Å²) in [5, 5.41) is 6.49. The average Bonchev–Trinajstić information content (AvgIpc) is 2.95. The van der Waals surface area contributed by atoms with Crippen LogP contribution in [0, 0.1) is 0 Å². The normalized spacial score (nSPS) is 19.5. The van der Waals surface area contributed by atoms with Crippen LogP contribution in [0.3, 0.4) is 0 Å². The Kier molecular flexibility index (Phi) is 3.42. The Labute approximate surface area is 127 Å². The molecule has 3 heterocycles. The van der Waals surface area contributed by atoms with Crippen molar-refractivity contribution < 1.29 is 22.8 Å². The summed E-state index contributed by atoms with van der Waals surface area (Å²) in [5.41, 5.74) is -1.15. The molecular weight excluding hydrogens is 317 g/mol. The fourth-order valence-corrected chi connectivity index (χ4v) is 2.29. The summed E-state index contributed by atoms with van der Waals surface area (Å²) in [6.07, 6.45) is -3.29. The Hall–Kier alpha value is -2.72. The minimum Gasteiger partial charge on any atom is -0.358 e. The Morgan fingerprint density at radius 3 is 2.78 bits per heavy atom. The molecule has 2 aromatic heterocycles. The number of carbonyl (C=O) groups excluding carboxylic acids is 2. The lowest BCUT2D eigenvalue weighted by Gasteiger charge is -2.28. The number of halogens is 3. The first-order chi connectivity index (χ1) is 10.8. The summed E-state index contributed by atoms with van der Waals surface area (Å²) >= 11 is 0. The van der Waals surface area contributed by atoms with E-state index in [0.717, 1.165) is 21.8 Å². The van der Waals surface area contributed by atoms with Crippen LogP contribution in [0.4, 0.5) is 19.0 Å². The number of amides is 2. The first-order valence-corrected chi connectivity index (χ1v) is 6.62. The number of piperidine rings is 1. The lowest BCUT2D eigenvalue weighted by atomic mass is 10.0. The van der Waals surface area contributed by atoms with E-state index in [-0.39, 0.29) is 30.3 Å². The summed E-state index contributed by atoms with van der Waals surface area (Å²) in [6.45, 7) is 0. The van der Waals surface area contributed by atoms with E-state index in [2.05, 4.69) is 20.4 Å². The minimum absolute atomic E-state index is 0.0686. The van der Waals surface area contributed by atoms with Crippen molar-refractivity contribution in [3.8, 4) is 0 Å². The van der Waals surface area contributed by atoms with Crippen LogP contribution in [0.2, 0.25) is 0 Å². The third-order valence-electron chi connectivity index (χ3n) is 3.51. The molecule has 23 heavy (non-hydrogen) atoms. The van der Waals surface area contributed by atoms with Crippen molar-refractivity contribution in [1.82, 2.24) is 24.5 Å². The highest BCUT2D eigenvalue weighted by Gasteiger charge is 2.36. The van der Waals surface area contributed by atoms with Crippen molar-refractivity contribution >= 4 is 23.4 Å². The Morgan fingerprint density at radius 1 is 1.35 bits per heavy atom. The van der Waals surface area contributed by atoms with Crippen LogP contribution >= 0.6 is 0 Å². The maximum absolute atomic E-state index is 12.9. The highest BCUT2D eigenvalue weighted by molar-refractivity contribution is 6.01. The van der Waals surface area contributed by atoms with E-state index in [1.807, 2.05) is 0 Å². The molecule has 8 nitrogen and oxygen atoms in total. The van der Waals surface area contributed by atoms with Gasteiger partial charge in [0.05, 0.1) is 0 Å². The van der Waals surface area contributed by atoms with Gasteiger partial charge in [0.2, 0.25) is 5.91 Å². The molecule has 0 saturated carbocycles. The number of nitrogens with zero attached hydrogens (tertiary/aromatic N) is 5. The van der Waals surface area contributed by atoms with Gasteiger partial charge in [-0.15, -0.1) is 0 Å². The molecule has 2 aromatic rings. The standard InChI is InChI=1S/C12H11F3N6O2/c1-20-9(22)3-2-6(10(20)23)18-8-4-7(12(13,14)15)19-11-16-5-17-21(8)11/h4-6,18H,2-3H2,1H3.